The van der Waals surface area contributed by atoms with Crippen molar-refractivity contribution in [3.8, 4) is 0 Å². The van der Waals surface area contributed by atoms with E-state index in [-0.39, 0.29) is 0 Å². The summed E-state index contributed by atoms with van der Waals surface area (Å²) in [5.74, 6) is 0. The van der Waals surface area contributed by atoms with Crippen LogP contribution in [0.25, 0.3) is 0 Å². The van der Waals surface area contributed by atoms with E-state index in [0.29, 0.717) is 6.26 Å². The Kier molecular flexibility index (Phi) is 6.19. The van der Waals surface area contributed by atoms with Crippen LogP contribution in [0, 0.1) is 0 Å². The van der Waals surface area contributed by atoms with Gasteiger partial charge in [0.1, 0.15) is 12.4 Å². The Balaban J connectivity index is 0.000000336. The van der Waals surface area contributed by atoms with Crippen molar-refractivity contribution in [1.82, 2.24) is 4.57 Å². The SMILES string of the molecule is CCCC[n+]1ccn(C)c1.CS(=O)(=O)O. The van der Waals surface area contributed by atoms with Crippen molar-refractivity contribution in [3.63, 3.8) is 0 Å². The Bertz CT molecular complexity index is 362. The van der Waals surface area contributed by atoms with Crippen molar-refractivity contribution in [3.05, 3.63) is 18.7 Å². The Morgan fingerprint density at radius 1 is 1.47 bits per heavy atom. The van der Waals surface area contributed by atoms with Crippen LogP contribution >= 0.6 is 0 Å². The molecule has 1 aromatic heterocycles. The van der Waals surface area contributed by atoms with Crippen LogP contribution in [-0.4, -0.2) is 23.8 Å². The van der Waals surface area contributed by atoms with Gasteiger partial charge in [0.15, 0.2) is 0 Å². The van der Waals surface area contributed by atoms with Gasteiger partial charge >= 0.3 is 0 Å². The molecule has 0 saturated carbocycles. The van der Waals surface area contributed by atoms with E-state index in [4.69, 9.17) is 4.55 Å². The Morgan fingerprint density at radius 2 is 2.00 bits per heavy atom. The van der Waals surface area contributed by atoms with Crippen molar-refractivity contribution >= 4 is 10.1 Å². The average molecular weight is 235 g/mol. The lowest BCUT2D eigenvalue weighted by Crippen LogP contribution is -2.30. The highest BCUT2D eigenvalue weighted by molar-refractivity contribution is 7.85. The molecule has 6 heteroatoms. The maximum absolute atomic E-state index is 9.19. The van der Waals surface area contributed by atoms with E-state index in [1.807, 2.05) is 7.05 Å². The average Bonchev–Trinajstić information content (AvgIpc) is 2.45. The molecule has 88 valence electrons. The van der Waals surface area contributed by atoms with Crippen LogP contribution in [0.2, 0.25) is 0 Å². The summed E-state index contributed by atoms with van der Waals surface area (Å²) in [6, 6.07) is 0. The molecule has 0 spiro atoms. The molecular formula is C9H19N2O3S+. The first kappa shape index (κ1) is 14.1. The predicted octanol–water partition coefficient (Wildman–Crippen LogP) is 0.617. The van der Waals surface area contributed by atoms with Gasteiger partial charge in [0.05, 0.1) is 19.8 Å². The maximum atomic E-state index is 9.19. The second-order valence-electron chi connectivity index (χ2n) is 3.40. The Morgan fingerprint density at radius 3 is 2.33 bits per heavy atom. The minimum Gasteiger partial charge on any atom is -0.286 e. The number of hydrogen-bond donors (Lipinski definition) is 1. The lowest BCUT2D eigenvalue weighted by molar-refractivity contribution is -0.696. The van der Waals surface area contributed by atoms with Gasteiger partial charge in [0.25, 0.3) is 10.1 Å². The second kappa shape index (κ2) is 6.58. The molecule has 0 aliphatic rings. The first-order valence-electron chi connectivity index (χ1n) is 4.76. The van der Waals surface area contributed by atoms with Gasteiger partial charge in [-0.2, -0.15) is 8.42 Å². The van der Waals surface area contributed by atoms with Crippen LogP contribution in [0.5, 0.6) is 0 Å². The van der Waals surface area contributed by atoms with Crippen molar-refractivity contribution in [2.24, 2.45) is 7.05 Å². The molecule has 1 heterocycles. The zero-order valence-corrected chi connectivity index (χ0v) is 10.2. The molecule has 1 rings (SSSR count). The normalized spacial score (nSPS) is 10.7. The van der Waals surface area contributed by atoms with Crippen molar-refractivity contribution < 1.29 is 17.5 Å². The molecule has 0 bridgehead atoms. The summed E-state index contributed by atoms with van der Waals surface area (Å²) in [5, 5.41) is 0. The summed E-state index contributed by atoms with van der Waals surface area (Å²) in [6.45, 7) is 3.36. The van der Waals surface area contributed by atoms with Gasteiger partial charge in [-0.3, -0.25) is 4.55 Å². The van der Waals surface area contributed by atoms with Crippen LogP contribution < -0.4 is 4.57 Å². The molecule has 0 amide bonds. The third-order valence-electron chi connectivity index (χ3n) is 1.59. The zero-order chi connectivity index (χ0) is 11.9. The van der Waals surface area contributed by atoms with Crippen LogP contribution in [0.4, 0.5) is 0 Å². The Hall–Kier alpha value is -0.880. The molecule has 1 aromatic rings. The van der Waals surface area contributed by atoms with E-state index >= 15 is 0 Å². The molecule has 15 heavy (non-hydrogen) atoms. The number of aromatic nitrogens is 2. The minimum atomic E-state index is -3.67. The number of aryl methyl sites for hydroxylation is 2. The van der Waals surface area contributed by atoms with Crippen LogP contribution in [0.1, 0.15) is 19.8 Å². The second-order valence-corrected chi connectivity index (χ2v) is 4.87. The van der Waals surface area contributed by atoms with Crippen LogP contribution in [0.15, 0.2) is 18.7 Å². The fraction of sp³-hybridized carbons (Fsp3) is 0.667. The summed E-state index contributed by atoms with van der Waals surface area (Å²) >= 11 is 0. The molecule has 1 N–H and O–H groups in total. The van der Waals surface area contributed by atoms with E-state index in [0.717, 1.165) is 6.54 Å². The molecule has 0 aliphatic heterocycles. The fourth-order valence-electron chi connectivity index (χ4n) is 0.975. The monoisotopic (exact) mass is 235 g/mol. The highest BCUT2D eigenvalue weighted by Gasteiger charge is 1.96. The predicted molar refractivity (Wildman–Crippen MR) is 58.0 cm³/mol. The summed E-state index contributed by atoms with van der Waals surface area (Å²) in [4.78, 5) is 0. The highest BCUT2D eigenvalue weighted by Crippen LogP contribution is 1.85. The minimum absolute atomic E-state index is 0.715. The molecule has 5 nitrogen and oxygen atoms in total. The smallest absolute Gasteiger partial charge is 0.261 e. The number of nitrogens with zero attached hydrogens (tertiary/aromatic N) is 2. The van der Waals surface area contributed by atoms with Gasteiger partial charge in [-0.05, 0) is 6.42 Å². The van der Waals surface area contributed by atoms with E-state index in [9.17, 15) is 8.42 Å². The molecule has 0 unspecified atom stereocenters. The summed E-state index contributed by atoms with van der Waals surface area (Å²) in [6.07, 6.45) is 9.53. The van der Waals surface area contributed by atoms with E-state index in [2.05, 4.69) is 34.8 Å². The molecule has 0 aliphatic carbocycles. The molecule has 0 fully saturated rings. The van der Waals surface area contributed by atoms with Gasteiger partial charge in [0, 0.05) is 0 Å². The fourth-order valence-corrected chi connectivity index (χ4v) is 0.975. The molecule has 0 saturated heterocycles. The largest absolute Gasteiger partial charge is 0.286 e. The maximum Gasteiger partial charge on any atom is 0.261 e. The van der Waals surface area contributed by atoms with Gasteiger partial charge in [0.2, 0.25) is 6.33 Å². The quantitative estimate of drug-likeness (QED) is 0.617. The first-order chi connectivity index (χ1) is 6.83. The summed E-state index contributed by atoms with van der Waals surface area (Å²) in [7, 11) is -1.62. The van der Waals surface area contributed by atoms with Gasteiger partial charge in [-0.25, -0.2) is 9.13 Å². The zero-order valence-electron chi connectivity index (χ0n) is 9.42. The molecule has 0 radical (unpaired) electrons. The number of hydrogen-bond acceptors (Lipinski definition) is 2. The van der Waals surface area contributed by atoms with Crippen LogP contribution in [0.3, 0.4) is 0 Å². The number of unbranched alkanes of at least 4 members (excludes halogenated alkanes) is 1. The van der Waals surface area contributed by atoms with E-state index in [1.54, 1.807) is 0 Å². The lowest BCUT2D eigenvalue weighted by atomic mass is 10.3. The van der Waals surface area contributed by atoms with Crippen LogP contribution in [-0.2, 0) is 23.7 Å². The highest BCUT2D eigenvalue weighted by atomic mass is 32.2. The summed E-state index contributed by atoms with van der Waals surface area (Å²) in [5.41, 5.74) is 0. The number of imidazole rings is 1. The molecular weight excluding hydrogens is 216 g/mol. The third-order valence-corrected chi connectivity index (χ3v) is 1.59. The third kappa shape index (κ3) is 11.0. The topological polar surface area (TPSA) is 63.2 Å². The van der Waals surface area contributed by atoms with Crippen molar-refractivity contribution in [1.29, 1.82) is 0 Å². The molecule has 0 atom stereocenters. The van der Waals surface area contributed by atoms with Gasteiger partial charge < -0.3 is 0 Å². The van der Waals surface area contributed by atoms with E-state index in [1.165, 1.54) is 12.8 Å². The van der Waals surface area contributed by atoms with E-state index < -0.39 is 10.1 Å². The van der Waals surface area contributed by atoms with Crippen molar-refractivity contribution in [2.45, 2.75) is 26.3 Å². The Labute approximate surface area is 91.1 Å². The summed E-state index contributed by atoms with van der Waals surface area (Å²) < 4.78 is 30.1. The lowest BCUT2D eigenvalue weighted by Gasteiger charge is -1.90. The number of rotatable bonds is 3. The standard InChI is InChI=1S/C8H15N2.CH4O3S/c1-3-4-5-10-7-6-9(2)8-10;1-5(2,3)4/h6-8H,3-5H2,1-2H3;1H3,(H,2,3,4)/q+1;. The first-order valence-corrected chi connectivity index (χ1v) is 6.61. The molecule has 0 aromatic carbocycles. The van der Waals surface area contributed by atoms with Gasteiger partial charge in [-0.1, -0.05) is 13.3 Å². The van der Waals surface area contributed by atoms with Crippen molar-refractivity contribution in [2.75, 3.05) is 6.26 Å². The van der Waals surface area contributed by atoms with Gasteiger partial charge in [-0.15, -0.1) is 0 Å².